The van der Waals surface area contributed by atoms with Gasteiger partial charge in [0, 0.05) is 10.0 Å². The van der Waals surface area contributed by atoms with Gasteiger partial charge in [-0.15, -0.1) is 0 Å². The van der Waals surface area contributed by atoms with Crippen LogP contribution in [0.5, 0.6) is 0 Å². The number of hydrogen-bond donors (Lipinski definition) is 1. The summed E-state index contributed by atoms with van der Waals surface area (Å²) in [4.78, 5) is 11.2. The van der Waals surface area contributed by atoms with Crippen LogP contribution < -0.4 is 0 Å². The zero-order valence-electron chi connectivity index (χ0n) is 10.9. The number of carboxylic acids is 1. The summed E-state index contributed by atoms with van der Waals surface area (Å²) in [5, 5.41) is 13.5. The Balaban J connectivity index is 2.13. The van der Waals surface area contributed by atoms with Crippen LogP contribution >= 0.6 is 15.9 Å². The molecule has 0 bridgehead atoms. The number of halogens is 1. The second kappa shape index (κ2) is 5.54. The molecule has 21 heavy (non-hydrogen) atoms. The van der Waals surface area contributed by atoms with Gasteiger partial charge in [-0.3, -0.25) is 0 Å². The molecule has 0 unspecified atom stereocenters. The number of carboxylic acid groups (broad SMARTS) is 1. The van der Waals surface area contributed by atoms with E-state index in [9.17, 15) is 9.90 Å². The van der Waals surface area contributed by atoms with Crippen molar-refractivity contribution in [1.29, 1.82) is 0 Å². The van der Waals surface area contributed by atoms with Gasteiger partial charge in [0.2, 0.25) is 0 Å². The Morgan fingerprint density at radius 1 is 1.10 bits per heavy atom. The summed E-state index contributed by atoms with van der Waals surface area (Å²) in [7, 11) is 0. The molecule has 0 spiro atoms. The predicted octanol–water partition coefficient (Wildman–Crippen LogP) is 4.00. The van der Waals surface area contributed by atoms with Crippen molar-refractivity contribution in [3.63, 3.8) is 0 Å². The molecular weight excluding hydrogens is 332 g/mol. The Morgan fingerprint density at radius 2 is 1.86 bits per heavy atom. The molecule has 2 aromatic carbocycles. The molecule has 104 valence electrons. The first-order valence-corrected chi connectivity index (χ1v) is 7.09. The van der Waals surface area contributed by atoms with Crippen LogP contribution in [0.4, 0.5) is 0 Å². The Hall–Kier alpha value is -2.40. The molecular formula is C16H11BrN2O2. The van der Waals surface area contributed by atoms with Gasteiger partial charge in [0.15, 0.2) is 0 Å². The van der Waals surface area contributed by atoms with E-state index in [2.05, 4.69) is 21.0 Å². The van der Waals surface area contributed by atoms with Crippen molar-refractivity contribution in [1.82, 2.24) is 9.78 Å². The Bertz CT molecular complexity index is 797. The van der Waals surface area contributed by atoms with Gasteiger partial charge < -0.3 is 5.11 Å². The number of para-hydroxylation sites is 1. The van der Waals surface area contributed by atoms with Crippen LogP contribution in [0, 0.1) is 0 Å². The highest BCUT2D eigenvalue weighted by molar-refractivity contribution is 9.10. The molecule has 1 aromatic heterocycles. The molecule has 0 aliphatic heterocycles. The molecule has 0 saturated heterocycles. The van der Waals surface area contributed by atoms with Gasteiger partial charge in [0.05, 0.1) is 23.1 Å². The topological polar surface area (TPSA) is 55.1 Å². The number of aromatic nitrogens is 2. The normalized spacial score (nSPS) is 10.5. The summed E-state index contributed by atoms with van der Waals surface area (Å²) in [6.07, 6.45) is 1.70. The Labute approximate surface area is 129 Å². The molecule has 1 N–H and O–H groups in total. The number of nitrogens with zero attached hydrogens (tertiary/aromatic N) is 2. The minimum atomic E-state index is -0.963. The van der Waals surface area contributed by atoms with Crippen LogP contribution in [0.2, 0.25) is 0 Å². The monoisotopic (exact) mass is 342 g/mol. The smallest absolute Gasteiger partial charge is 0.336 e. The molecule has 0 aliphatic rings. The Kier molecular flexibility index (Phi) is 3.58. The summed E-state index contributed by atoms with van der Waals surface area (Å²) in [6, 6.07) is 16.8. The van der Waals surface area contributed by atoms with E-state index < -0.39 is 5.97 Å². The molecule has 0 amide bonds. The zero-order valence-corrected chi connectivity index (χ0v) is 12.5. The highest BCUT2D eigenvalue weighted by Crippen LogP contribution is 2.27. The molecule has 0 saturated carbocycles. The second-order valence-corrected chi connectivity index (χ2v) is 5.32. The quantitative estimate of drug-likeness (QED) is 0.782. The van der Waals surface area contributed by atoms with Crippen LogP contribution in [-0.2, 0) is 0 Å². The van der Waals surface area contributed by atoms with Crippen LogP contribution in [0.25, 0.3) is 16.9 Å². The van der Waals surface area contributed by atoms with Crippen molar-refractivity contribution in [2.45, 2.75) is 0 Å². The van der Waals surface area contributed by atoms with Gasteiger partial charge in [-0.05, 0) is 46.3 Å². The molecule has 0 aliphatic carbocycles. The van der Waals surface area contributed by atoms with E-state index in [0.29, 0.717) is 4.47 Å². The summed E-state index contributed by atoms with van der Waals surface area (Å²) in [5.41, 5.74) is 2.80. The van der Waals surface area contributed by atoms with E-state index in [1.807, 2.05) is 42.5 Å². The van der Waals surface area contributed by atoms with E-state index in [1.54, 1.807) is 23.0 Å². The lowest BCUT2D eigenvalue weighted by Gasteiger charge is -2.09. The fourth-order valence-electron chi connectivity index (χ4n) is 2.15. The second-order valence-electron chi connectivity index (χ2n) is 4.46. The molecule has 4 nitrogen and oxygen atoms in total. The number of carbonyl (C=O) groups is 1. The van der Waals surface area contributed by atoms with E-state index >= 15 is 0 Å². The number of aromatic carboxylic acids is 1. The van der Waals surface area contributed by atoms with Crippen LogP contribution in [0.3, 0.4) is 0 Å². The SMILES string of the molecule is O=C(O)c1cc(-c2ccnn2-c2ccccc2)ccc1Br. The molecule has 5 heteroatoms. The minimum Gasteiger partial charge on any atom is -0.478 e. The first-order valence-electron chi connectivity index (χ1n) is 6.29. The first kappa shape index (κ1) is 13.6. The fraction of sp³-hybridized carbons (Fsp3) is 0. The highest BCUT2D eigenvalue weighted by Gasteiger charge is 2.13. The lowest BCUT2D eigenvalue weighted by molar-refractivity contribution is 0.0696. The van der Waals surface area contributed by atoms with Crippen molar-refractivity contribution in [3.8, 4) is 16.9 Å². The van der Waals surface area contributed by atoms with Gasteiger partial charge in [-0.2, -0.15) is 5.10 Å². The van der Waals surface area contributed by atoms with Gasteiger partial charge in [0.25, 0.3) is 0 Å². The van der Waals surface area contributed by atoms with Crippen LogP contribution in [0.15, 0.2) is 65.3 Å². The standard InChI is InChI=1S/C16H11BrN2O2/c17-14-7-6-11(10-13(14)16(20)21)15-8-9-18-19(15)12-4-2-1-3-5-12/h1-10H,(H,20,21). The molecule has 0 fully saturated rings. The van der Waals surface area contributed by atoms with Crippen molar-refractivity contribution >= 4 is 21.9 Å². The largest absolute Gasteiger partial charge is 0.478 e. The summed E-state index contributed by atoms with van der Waals surface area (Å²) < 4.78 is 2.35. The maximum absolute atomic E-state index is 11.2. The third-order valence-electron chi connectivity index (χ3n) is 3.14. The van der Waals surface area contributed by atoms with Gasteiger partial charge in [-0.25, -0.2) is 9.48 Å². The molecule has 0 atom stereocenters. The number of benzene rings is 2. The first-order chi connectivity index (χ1) is 10.2. The molecule has 3 rings (SSSR count). The van der Waals surface area contributed by atoms with E-state index in [-0.39, 0.29) is 5.56 Å². The van der Waals surface area contributed by atoms with Crippen LogP contribution in [-0.4, -0.2) is 20.9 Å². The highest BCUT2D eigenvalue weighted by atomic mass is 79.9. The third-order valence-corrected chi connectivity index (χ3v) is 3.83. The van der Waals surface area contributed by atoms with Crippen molar-refractivity contribution in [3.05, 3.63) is 70.8 Å². The number of hydrogen-bond acceptors (Lipinski definition) is 2. The van der Waals surface area contributed by atoms with Crippen molar-refractivity contribution in [2.24, 2.45) is 0 Å². The molecule has 1 heterocycles. The number of rotatable bonds is 3. The maximum atomic E-state index is 11.2. The van der Waals surface area contributed by atoms with Gasteiger partial charge in [-0.1, -0.05) is 24.3 Å². The maximum Gasteiger partial charge on any atom is 0.336 e. The molecule has 3 aromatic rings. The summed E-state index contributed by atoms with van der Waals surface area (Å²) >= 11 is 3.25. The molecule has 0 radical (unpaired) electrons. The third kappa shape index (κ3) is 2.60. The average Bonchev–Trinajstić information content (AvgIpc) is 2.98. The lowest BCUT2D eigenvalue weighted by Crippen LogP contribution is -2.01. The summed E-state index contributed by atoms with van der Waals surface area (Å²) in [5.74, 6) is -0.963. The average molecular weight is 343 g/mol. The summed E-state index contributed by atoms with van der Waals surface area (Å²) in [6.45, 7) is 0. The van der Waals surface area contributed by atoms with Crippen LogP contribution in [0.1, 0.15) is 10.4 Å². The van der Waals surface area contributed by atoms with Crippen molar-refractivity contribution < 1.29 is 9.90 Å². The van der Waals surface area contributed by atoms with E-state index in [4.69, 9.17) is 0 Å². The van der Waals surface area contributed by atoms with Crippen molar-refractivity contribution in [2.75, 3.05) is 0 Å². The van der Waals surface area contributed by atoms with E-state index in [1.165, 1.54) is 0 Å². The van der Waals surface area contributed by atoms with Gasteiger partial charge >= 0.3 is 5.97 Å². The lowest BCUT2D eigenvalue weighted by atomic mass is 10.1. The predicted molar refractivity (Wildman–Crippen MR) is 83.7 cm³/mol. The van der Waals surface area contributed by atoms with Gasteiger partial charge in [0.1, 0.15) is 0 Å². The Morgan fingerprint density at radius 3 is 2.57 bits per heavy atom. The fourth-order valence-corrected chi connectivity index (χ4v) is 2.56. The zero-order chi connectivity index (χ0) is 14.8. The van der Waals surface area contributed by atoms with E-state index in [0.717, 1.165) is 16.9 Å². The minimum absolute atomic E-state index is 0.230.